The molecule has 2 rings (SSSR count). The van der Waals surface area contributed by atoms with Gasteiger partial charge in [-0.15, -0.1) is 0 Å². The van der Waals surface area contributed by atoms with Crippen LogP contribution < -0.4 is 0 Å². The van der Waals surface area contributed by atoms with Gasteiger partial charge in [-0.2, -0.15) is 5.26 Å². The minimum absolute atomic E-state index is 0.516. The van der Waals surface area contributed by atoms with Crippen molar-refractivity contribution in [3.8, 4) is 6.07 Å². The Labute approximate surface area is 84.7 Å². The van der Waals surface area contributed by atoms with Crippen LogP contribution in [0.5, 0.6) is 0 Å². The molecule has 13 heavy (non-hydrogen) atoms. The molecule has 4 heteroatoms. The summed E-state index contributed by atoms with van der Waals surface area (Å²) in [4.78, 5) is 2.91. The van der Waals surface area contributed by atoms with Gasteiger partial charge in [-0.05, 0) is 12.1 Å². The number of hydrogen-bond acceptors (Lipinski definition) is 1. The fourth-order valence-electron chi connectivity index (χ4n) is 1.26. The van der Waals surface area contributed by atoms with Crippen LogP contribution in [0.1, 0.15) is 5.56 Å². The average Bonchev–Trinajstić information content (AvgIpc) is 2.56. The number of H-pyrrole nitrogens is 1. The molecule has 1 N–H and O–H groups in total. The van der Waals surface area contributed by atoms with E-state index >= 15 is 0 Å². The molecule has 0 aliphatic carbocycles. The van der Waals surface area contributed by atoms with Crippen molar-refractivity contribution < 1.29 is 0 Å². The van der Waals surface area contributed by atoms with Gasteiger partial charge in [0.05, 0.1) is 21.1 Å². The maximum Gasteiger partial charge on any atom is 0.101 e. The number of nitrogens with one attached hydrogen (secondary N) is 1. The van der Waals surface area contributed by atoms with Gasteiger partial charge in [0.15, 0.2) is 0 Å². The van der Waals surface area contributed by atoms with Crippen molar-refractivity contribution in [2.24, 2.45) is 0 Å². The lowest BCUT2D eigenvalue weighted by atomic mass is 10.2. The Kier molecular flexibility index (Phi) is 1.91. The first-order valence-corrected chi connectivity index (χ1v) is 4.35. The number of aromatic nitrogens is 1. The first-order valence-electron chi connectivity index (χ1n) is 3.59. The van der Waals surface area contributed by atoms with Crippen LogP contribution in [0.4, 0.5) is 0 Å². The third-order valence-corrected chi connectivity index (χ3v) is 2.48. The van der Waals surface area contributed by atoms with Gasteiger partial charge in [-0.1, -0.05) is 23.2 Å². The van der Waals surface area contributed by atoms with E-state index in [1.165, 1.54) is 0 Å². The largest absolute Gasteiger partial charge is 0.359 e. The minimum Gasteiger partial charge on any atom is -0.359 e. The highest BCUT2D eigenvalue weighted by Gasteiger charge is 2.09. The van der Waals surface area contributed by atoms with Crippen molar-refractivity contribution >= 4 is 34.1 Å². The molecule has 0 unspecified atom stereocenters. The van der Waals surface area contributed by atoms with Crippen molar-refractivity contribution in [2.45, 2.75) is 0 Å². The lowest BCUT2D eigenvalue weighted by Crippen LogP contribution is -1.74. The standard InChI is InChI=1S/C9H4Cl2N2/c10-6-1-2-7(11)9-8(6)5(3-12)4-13-9/h1-2,4,13H. The Balaban J connectivity index is 2.98. The molecule has 0 aliphatic rings. The number of halogens is 2. The molecule has 1 heterocycles. The smallest absolute Gasteiger partial charge is 0.101 e. The molecule has 0 saturated carbocycles. The SMILES string of the molecule is N#Cc1c[nH]c2c(Cl)ccc(Cl)c12. The summed E-state index contributed by atoms with van der Waals surface area (Å²) in [5.74, 6) is 0. The predicted octanol–water partition coefficient (Wildman–Crippen LogP) is 3.35. The van der Waals surface area contributed by atoms with Gasteiger partial charge in [-0.3, -0.25) is 0 Å². The van der Waals surface area contributed by atoms with E-state index in [0.717, 1.165) is 0 Å². The van der Waals surface area contributed by atoms with E-state index in [2.05, 4.69) is 4.98 Å². The summed E-state index contributed by atoms with van der Waals surface area (Å²) < 4.78 is 0. The van der Waals surface area contributed by atoms with Gasteiger partial charge in [-0.25, -0.2) is 0 Å². The summed E-state index contributed by atoms with van der Waals surface area (Å²) in [6, 6.07) is 5.42. The summed E-state index contributed by atoms with van der Waals surface area (Å²) in [6.45, 7) is 0. The van der Waals surface area contributed by atoms with Crippen molar-refractivity contribution in [1.82, 2.24) is 4.98 Å². The summed E-state index contributed by atoms with van der Waals surface area (Å²) >= 11 is 11.8. The Morgan fingerprint density at radius 3 is 2.62 bits per heavy atom. The van der Waals surface area contributed by atoms with Gasteiger partial charge in [0.2, 0.25) is 0 Å². The maximum atomic E-state index is 8.77. The number of nitrogens with zero attached hydrogens (tertiary/aromatic N) is 1. The van der Waals surface area contributed by atoms with Crippen molar-refractivity contribution in [1.29, 1.82) is 5.26 Å². The number of hydrogen-bond donors (Lipinski definition) is 1. The molecule has 1 aromatic heterocycles. The van der Waals surface area contributed by atoms with E-state index in [1.807, 2.05) is 6.07 Å². The fourth-order valence-corrected chi connectivity index (χ4v) is 1.73. The zero-order valence-electron chi connectivity index (χ0n) is 6.44. The second kappa shape index (κ2) is 2.95. The quantitative estimate of drug-likeness (QED) is 0.712. The molecule has 1 aromatic carbocycles. The lowest BCUT2D eigenvalue weighted by molar-refractivity contribution is 1.45. The van der Waals surface area contributed by atoms with Gasteiger partial charge in [0.1, 0.15) is 6.07 Å². The molecule has 2 nitrogen and oxygen atoms in total. The van der Waals surface area contributed by atoms with E-state index in [-0.39, 0.29) is 0 Å². The lowest BCUT2D eigenvalue weighted by Gasteiger charge is -1.96. The fraction of sp³-hybridized carbons (Fsp3) is 0. The molecule has 0 saturated heterocycles. The highest BCUT2D eigenvalue weighted by atomic mass is 35.5. The Hall–Kier alpha value is -1.17. The summed E-state index contributed by atoms with van der Waals surface area (Å²) in [5.41, 5.74) is 1.23. The molecule has 2 aromatic rings. The van der Waals surface area contributed by atoms with E-state index in [9.17, 15) is 0 Å². The number of rotatable bonds is 0. The first-order chi connectivity index (χ1) is 6.24. The zero-order chi connectivity index (χ0) is 9.42. The molecular formula is C9H4Cl2N2. The zero-order valence-corrected chi connectivity index (χ0v) is 7.95. The van der Waals surface area contributed by atoms with Crippen LogP contribution in [-0.2, 0) is 0 Å². The Morgan fingerprint density at radius 2 is 1.92 bits per heavy atom. The molecule has 64 valence electrons. The first kappa shape index (κ1) is 8.43. The van der Waals surface area contributed by atoms with Crippen LogP contribution in [-0.4, -0.2) is 4.98 Å². The van der Waals surface area contributed by atoms with Crippen LogP contribution in [0.15, 0.2) is 18.3 Å². The molecule has 0 radical (unpaired) electrons. The van der Waals surface area contributed by atoms with E-state index in [4.69, 9.17) is 28.5 Å². The van der Waals surface area contributed by atoms with Crippen molar-refractivity contribution in [3.05, 3.63) is 33.9 Å². The van der Waals surface area contributed by atoms with Crippen molar-refractivity contribution in [3.63, 3.8) is 0 Å². The van der Waals surface area contributed by atoms with Crippen LogP contribution >= 0.6 is 23.2 Å². The van der Waals surface area contributed by atoms with Gasteiger partial charge < -0.3 is 4.98 Å². The van der Waals surface area contributed by atoms with Crippen LogP contribution in [0.25, 0.3) is 10.9 Å². The average molecular weight is 211 g/mol. The summed E-state index contributed by atoms with van der Waals surface area (Å²) in [7, 11) is 0. The van der Waals surface area contributed by atoms with Crippen LogP contribution in [0.3, 0.4) is 0 Å². The van der Waals surface area contributed by atoms with Crippen LogP contribution in [0, 0.1) is 11.3 Å². The molecule has 0 spiro atoms. The third-order valence-electron chi connectivity index (χ3n) is 1.85. The van der Waals surface area contributed by atoms with E-state index in [0.29, 0.717) is 26.5 Å². The predicted molar refractivity (Wildman–Crippen MR) is 53.0 cm³/mol. The monoisotopic (exact) mass is 210 g/mol. The highest BCUT2D eigenvalue weighted by Crippen LogP contribution is 2.31. The second-order valence-corrected chi connectivity index (χ2v) is 3.41. The molecule has 0 fully saturated rings. The van der Waals surface area contributed by atoms with E-state index in [1.54, 1.807) is 18.3 Å². The molecule has 0 atom stereocenters. The molecular weight excluding hydrogens is 207 g/mol. The van der Waals surface area contributed by atoms with Crippen LogP contribution in [0.2, 0.25) is 10.0 Å². The summed E-state index contributed by atoms with van der Waals surface area (Å²) in [6.07, 6.45) is 1.60. The topological polar surface area (TPSA) is 39.6 Å². The third kappa shape index (κ3) is 1.17. The van der Waals surface area contributed by atoms with Gasteiger partial charge in [0, 0.05) is 11.6 Å². The normalized spacial score (nSPS) is 10.2. The van der Waals surface area contributed by atoms with Gasteiger partial charge in [0.25, 0.3) is 0 Å². The second-order valence-electron chi connectivity index (χ2n) is 2.59. The minimum atomic E-state index is 0.516. The molecule has 0 bridgehead atoms. The number of benzene rings is 1. The number of nitriles is 1. The Morgan fingerprint density at radius 1 is 1.23 bits per heavy atom. The Bertz CT molecular complexity index is 508. The molecule has 0 amide bonds. The van der Waals surface area contributed by atoms with Crippen molar-refractivity contribution in [2.75, 3.05) is 0 Å². The summed E-state index contributed by atoms with van der Waals surface area (Å²) in [5, 5.41) is 10.6. The highest BCUT2D eigenvalue weighted by molar-refractivity contribution is 6.40. The number of aromatic amines is 1. The number of fused-ring (bicyclic) bond motifs is 1. The molecule has 0 aliphatic heterocycles. The maximum absolute atomic E-state index is 8.77. The van der Waals surface area contributed by atoms with E-state index < -0.39 is 0 Å². The van der Waals surface area contributed by atoms with Gasteiger partial charge >= 0.3 is 0 Å².